The number of carbonyl (C=O) groups is 1. The number of amides is 1. The summed E-state index contributed by atoms with van der Waals surface area (Å²) in [5.41, 5.74) is -0.244. The topological polar surface area (TPSA) is 20.3 Å². The van der Waals surface area contributed by atoms with Crippen molar-refractivity contribution in [1.82, 2.24) is 4.90 Å². The molecule has 72 valence electrons. The lowest BCUT2D eigenvalue weighted by molar-refractivity contribution is 0.0856. The van der Waals surface area contributed by atoms with E-state index < -0.39 is 17.5 Å². The normalized spacial score (nSPS) is 9.29. The highest BCUT2D eigenvalue weighted by Crippen LogP contribution is 2.11. The first-order valence-corrected chi connectivity index (χ1v) is 3.75. The molecule has 0 aliphatic heterocycles. The summed E-state index contributed by atoms with van der Waals surface area (Å²) in [6.07, 6.45) is 4.95. The number of terminal acetylenes is 1. The Hall–Kier alpha value is -1.89. The molecule has 0 aliphatic carbocycles. The van der Waals surface area contributed by atoms with Gasteiger partial charge < -0.3 is 0 Å². The summed E-state index contributed by atoms with van der Waals surface area (Å²) in [7, 11) is 1.32. The molecule has 0 atom stereocenters. The van der Waals surface area contributed by atoms with Crippen LogP contribution in [0.1, 0.15) is 10.4 Å². The second-order valence-electron chi connectivity index (χ2n) is 2.62. The number of rotatable bonds is 1. The summed E-state index contributed by atoms with van der Waals surface area (Å²) in [6.45, 7) is 0. The Morgan fingerprint density at radius 1 is 1.50 bits per heavy atom. The molecule has 0 aromatic heterocycles. The van der Waals surface area contributed by atoms with Gasteiger partial charge in [-0.25, -0.2) is 8.78 Å². The second-order valence-corrected chi connectivity index (χ2v) is 2.62. The first-order chi connectivity index (χ1) is 6.56. The average molecular weight is 195 g/mol. The van der Waals surface area contributed by atoms with E-state index in [4.69, 9.17) is 6.42 Å². The highest BCUT2D eigenvalue weighted by Gasteiger charge is 2.14. The summed E-state index contributed by atoms with van der Waals surface area (Å²) >= 11 is 0. The molecular formula is C10H7F2NO. The molecule has 0 saturated carbocycles. The molecule has 0 radical (unpaired) electrons. The Morgan fingerprint density at radius 2 is 2.14 bits per heavy atom. The van der Waals surface area contributed by atoms with Crippen LogP contribution >= 0.6 is 0 Å². The standard InChI is InChI=1S/C10H7F2NO/c1-3-13(2)10(14)8-5-4-7(11)6-9(8)12/h1,4-6H,2H3. The van der Waals surface area contributed by atoms with Crippen LogP contribution in [-0.2, 0) is 0 Å². The van der Waals surface area contributed by atoms with E-state index in [9.17, 15) is 13.6 Å². The predicted octanol–water partition coefficient (Wildman–Crippen LogP) is 1.63. The van der Waals surface area contributed by atoms with Crippen LogP contribution in [0.4, 0.5) is 8.78 Å². The zero-order valence-electron chi connectivity index (χ0n) is 7.42. The van der Waals surface area contributed by atoms with Crippen molar-refractivity contribution in [1.29, 1.82) is 0 Å². The minimum absolute atomic E-state index is 0.244. The quantitative estimate of drug-likeness (QED) is 0.492. The fourth-order valence-electron chi connectivity index (χ4n) is 0.902. The van der Waals surface area contributed by atoms with E-state index in [1.54, 1.807) is 0 Å². The Balaban J connectivity index is 3.09. The Bertz CT molecular complexity index is 409. The smallest absolute Gasteiger partial charge is 0.268 e. The molecule has 0 heterocycles. The van der Waals surface area contributed by atoms with Crippen molar-refractivity contribution < 1.29 is 13.6 Å². The van der Waals surface area contributed by atoms with Crippen LogP contribution in [0.5, 0.6) is 0 Å². The van der Waals surface area contributed by atoms with Crippen molar-refractivity contribution in [2.45, 2.75) is 0 Å². The van der Waals surface area contributed by atoms with E-state index in [2.05, 4.69) is 0 Å². The molecular weight excluding hydrogens is 188 g/mol. The molecule has 0 saturated heterocycles. The summed E-state index contributed by atoms with van der Waals surface area (Å²) in [6, 6.07) is 4.72. The maximum Gasteiger partial charge on any atom is 0.268 e. The van der Waals surface area contributed by atoms with Crippen LogP contribution < -0.4 is 0 Å². The van der Waals surface area contributed by atoms with Crippen molar-refractivity contribution in [3.8, 4) is 12.5 Å². The van der Waals surface area contributed by atoms with Crippen LogP contribution in [0.3, 0.4) is 0 Å². The number of halogens is 2. The minimum atomic E-state index is -0.919. The Kier molecular flexibility index (Phi) is 2.82. The number of hydrogen-bond acceptors (Lipinski definition) is 1. The maximum atomic E-state index is 13.0. The van der Waals surface area contributed by atoms with Gasteiger partial charge in [-0.3, -0.25) is 9.69 Å². The largest absolute Gasteiger partial charge is 0.271 e. The molecule has 0 unspecified atom stereocenters. The molecule has 0 spiro atoms. The van der Waals surface area contributed by atoms with Crippen LogP contribution in [0.2, 0.25) is 0 Å². The van der Waals surface area contributed by atoms with Crippen molar-refractivity contribution in [3.05, 3.63) is 35.4 Å². The van der Waals surface area contributed by atoms with Gasteiger partial charge in [0.1, 0.15) is 11.6 Å². The Labute approximate surface area is 80.1 Å². The van der Waals surface area contributed by atoms with Crippen LogP contribution in [0.25, 0.3) is 0 Å². The molecule has 1 aromatic carbocycles. The fraction of sp³-hybridized carbons (Fsp3) is 0.100. The third-order valence-electron chi connectivity index (χ3n) is 1.66. The minimum Gasteiger partial charge on any atom is -0.271 e. The number of carbonyl (C=O) groups excluding carboxylic acids is 1. The molecule has 0 bridgehead atoms. The Morgan fingerprint density at radius 3 is 2.64 bits per heavy atom. The summed E-state index contributed by atoms with van der Waals surface area (Å²) in [5.74, 6) is -2.33. The summed E-state index contributed by atoms with van der Waals surface area (Å²) < 4.78 is 25.5. The van der Waals surface area contributed by atoms with Gasteiger partial charge in [0.2, 0.25) is 0 Å². The molecule has 2 nitrogen and oxygen atoms in total. The van der Waals surface area contributed by atoms with E-state index in [1.165, 1.54) is 7.05 Å². The van der Waals surface area contributed by atoms with Gasteiger partial charge in [0.25, 0.3) is 5.91 Å². The predicted molar refractivity (Wildman–Crippen MR) is 47.3 cm³/mol. The van der Waals surface area contributed by atoms with Crippen molar-refractivity contribution in [2.24, 2.45) is 0 Å². The van der Waals surface area contributed by atoms with E-state index >= 15 is 0 Å². The molecule has 0 aliphatic rings. The lowest BCUT2D eigenvalue weighted by atomic mass is 10.2. The van der Waals surface area contributed by atoms with Crippen LogP contribution in [-0.4, -0.2) is 17.9 Å². The van der Waals surface area contributed by atoms with Crippen molar-refractivity contribution >= 4 is 5.91 Å². The first kappa shape index (κ1) is 10.2. The molecule has 0 N–H and O–H groups in total. The molecule has 1 aromatic rings. The maximum absolute atomic E-state index is 13.0. The van der Waals surface area contributed by atoms with Gasteiger partial charge in [0, 0.05) is 19.2 Å². The fourth-order valence-corrected chi connectivity index (χ4v) is 0.902. The zero-order chi connectivity index (χ0) is 10.7. The number of hydrogen-bond donors (Lipinski definition) is 0. The van der Waals surface area contributed by atoms with Gasteiger partial charge >= 0.3 is 0 Å². The molecule has 1 rings (SSSR count). The van der Waals surface area contributed by atoms with E-state index in [1.807, 2.05) is 6.04 Å². The zero-order valence-corrected chi connectivity index (χ0v) is 7.42. The second kappa shape index (κ2) is 3.88. The lowest BCUT2D eigenvalue weighted by Gasteiger charge is -2.08. The van der Waals surface area contributed by atoms with Gasteiger partial charge in [-0.2, -0.15) is 0 Å². The number of nitrogens with zero attached hydrogens (tertiary/aromatic N) is 1. The van der Waals surface area contributed by atoms with Crippen molar-refractivity contribution in [2.75, 3.05) is 7.05 Å². The van der Waals surface area contributed by atoms with Gasteiger partial charge in [0.15, 0.2) is 0 Å². The molecule has 1 amide bonds. The highest BCUT2D eigenvalue weighted by atomic mass is 19.1. The van der Waals surface area contributed by atoms with E-state index in [-0.39, 0.29) is 5.56 Å². The average Bonchev–Trinajstić information content (AvgIpc) is 2.15. The van der Waals surface area contributed by atoms with Gasteiger partial charge in [0.05, 0.1) is 5.56 Å². The third-order valence-corrected chi connectivity index (χ3v) is 1.66. The summed E-state index contributed by atoms with van der Waals surface area (Å²) in [4.78, 5) is 12.2. The van der Waals surface area contributed by atoms with Gasteiger partial charge in [-0.1, -0.05) is 6.42 Å². The third kappa shape index (κ3) is 1.88. The molecule has 0 fully saturated rings. The van der Waals surface area contributed by atoms with Crippen molar-refractivity contribution in [3.63, 3.8) is 0 Å². The number of benzene rings is 1. The molecule has 4 heteroatoms. The van der Waals surface area contributed by atoms with E-state index in [0.29, 0.717) is 6.07 Å². The van der Waals surface area contributed by atoms with Crippen LogP contribution in [0.15, 0.2) is 18.2 Å². The van der Waals surface area contributed by atoms with Crippen LogP contribution in [0, 0.1) is 24.1 Å². The first-order valence-electron chi connectivity index (χ1n) is 3.75. The van der Waals surface area contributed by atoms with E-state index in [0.717, 1.165) is 17.0 Å². The van der Waals surface area contributed by atoms with Gasteiger partial charge in [-0.05, 0) is 12.1 Å². The van der Waals surface area contributed by atoms with Gasteiger partial charge in [-0.15, -0.1) is 0 Å². The molecule has 14 heavy (non-hydrogen) atoms. The summed E-state index contributed by atoms with van der Waals surface area (Å²) in [5, 5.41) is 0. The SMILES string of the molecule is C#CN(C)C(=O)c1ccc(F)cc1F. The monoisotopic (exact) mass is 195 g/mol. The lowest BCUT2D eigenvalue weighted by Crippen LogP contribution is -2.22. The highest BCUT2D eigenvalue weighted by molar-refractivity contribution is 5.95.